The Kier molecular flexibility index (Phi) is 5.79. The van der Waals surface area contributed by atoms with Crippen molar-refractivity contribution < 1.29 is 19.4 Å². The first-order chi connectivity index (χ1) is 11.6. The van der Waals surface area contributed by atoms with Crippen LogP contribution in [0.15, 0.2) is 55.1 Å². The first-order valence-electron chi connectivity index (χ1n) is 7.46. The van der Waals surface area contributed by atoms with Crippen LogP contribution in [0.25, 0.3) is 6.08 Å². The third-order valence-electron chi connectivity index (χ3n) is 3.56. The van der Waals surface area contributed by atoms with Gasteiger partial charge in [-0.05, 0) is 54.5 Å². The number of phenols is 1. The second kappa shape index (κ2) is 8.02. The Labute approximate surface area is 141 Å². The maximum absolute atomic E-state index is 12.2. The minimum absolute atomic E-state index is 0.126. The van der Waals surface area contributed by atoms with E-state index in [0.29, 0.717) is 23.5 Å². The second-order valence-electron chi connectivity index (χ2n) is 5.14. The van der Waals surface area contributed by atoms with Gasteiger partial charge in [0, 0.05) is 17.2 Å². The molecule has 0 bridgehead atoms. The average molecular weight is 324 g/mol. The minimum atomic E-state index is -0.154. The smallest absolute Gasteiger partial charge is 0.185 e. The number of methoxy groups -OCH3 is 2. The molecule has 0 aliphatic carbocycles. The molecule has 0 aliphatic rings. The van der Waals surface area contributed by atoms with Gasteiger partial charge in [-0.2, -0.15) is 0 Å². The molecule has 2 aromatic carbocycles. The van der Waals surface area contributed by atoms with Crippen LogP contribution in [0.5, 0.6) is 17.2 Å². The molecule has 0 saturated heterocycles. The van der Waals surface area contributed by atoms with E-state index in [1.165, 1.54) is 18.2 Å². The summed E-state index contributed by atoms with van der Waals surface area (Å²) in [7, 11) is 3.17. The predicted molar refractivity (Wildman–Crippen MR) is 94.9 cm³/mol. The number of aromatic hydroxyl groups is 1. The minimum Gasteiger partial charge on any atom is -0.508 e. The number of rotatable bonds is 7. The van der Waals surface area contributed by atoms with E-state index in [-0.39, 0.29) is 11.5 Å². The van der Waals surface area contributed by atoms with Crippen LogP contribution in [-0.2, 0) is 6.42 Å². The third kappa shape index (κ3) is 4.04. The number of allylic oxidation sites excluding steroid dienone is 2. The van der Waals surface area contributed by atoms with Crippen molar-refractivity contribution in [1.82, 2.24) is 0 Å². The lowest BCUT2D eigenvalue weighted by atomic mass is 10.0. The van der Waals surface area contributed by atoms with Gasteiger partial charge in [0.05, 0.1) is 14.2 Å². The quantitative estimate of drug-likeness (QED) is 0.474. The lowest BCUT2D eigenvalue weighted by Gasteiger charge is -2.12. The van der Waals surface area contributed by atoms with Crippen molar-refractivity contribution in [2.75, 3.05) is 14.2 Å². The summed E-state index contributed by atoms with van der Waals surface area (Å²) < 4.78 is 10.7. The monoisotopic (exact) mass is 324 g/mol. The molecule has 2 aromatic rings. The van der Waals surface area contributed by atoms with E-state index in [1.54, 1.807) is 44.6 Å². The Balaban J connectivity index is 2.33. The van der Waals surface area contributed by atoms with Gasteiger partial charge in [-0.1, -0.05) is 6.08 Å². The molecule has 0 unspecified atom stereocenters. The van der Waals surface area contributed by atoms with Crippen molar-refractivity contribution in [3.63, 3.8) is 0 Å². The molecule has 0 amide bonds. The first kappa shape index (κ1) is 17.3. The van der Waals surface area contributed by atoms with Crippen molar-refractivity contribution >= 4 is 11.9 Å². The molecule has 2 rings (SSSR count). The maximum Gasteiger partial charge on any atom is 0.185 e. The largest absolute Gasteiger partial charge is 0.508 e. The third-order valence-corrected chi connectivity index (χ3v) is 3.56. The Hall–Kier alpha value is -3.01. The van der Waals surface area contributed by atoms with E-state index in [9.17, 15) is 9.90 Å². The van der Waals surface area contributed by atoms with Gasteiger partial charge in [0.15, 0.2) is 5.78 Å². The summed E-state index contributed by atoms with van der Waals surface area (Å²) in [6, 6.07) is 9.84. The molecule has 4 heteroatoms. The van der Waals surface area contributed by atoms with Crippen molar-refractivity contribution in [1.29, 1.82) is 0 Å². The van der Waals surface area contributed by atoms with Crippen LogP contribution in [0, 0.1) is 0 Å². The van der Waals surface area contributed by atoms with Crippen LogP contribution in [-0.4, -0.2) is 25.1 Å². The van der Waals surface area contributed by atoms with Gasteiger partial charge >= 0.3 is 0 Å². The normalized spacial score (nSPS) is 10.6. The summed E-state index contributed by atoms with van der Waals surface area (Å²) in [5, 5.41) is 9.28. The summed E-state index contributed by atoms with van der Waals surface area (Å²) in [5.74, 6) is 1.31. The molecule has 0 atom stereocenters. The molecule has 1 N–H and O–H groups in total. The van der Waals surface area contributed by atoms with Crippen LogP contribution in [0.3, 0.4) is 0 Å². The molecule has 0 aliphatic heterocycles. The number of hydrogen-bond acceptors (Lipinski definition) is 4. The standard InChI is InChI=1S/C20H20O4/c1-4-5-15-12-16(20(24-3)13-19(15)23-2)8-11-18(22)14-6-9-17(21)10-7-14/h4,6-13,21H,1,5H2,2-3H3/b11-8+. The molecular weight excluding hydrogens is 304 g/mol. The number of ketones is 1. The number of hydrogen-bond donors (Lipinski definition) is 1. The van der Waals surface area contributed by atoms with Gasteiger partial charge < -0.3 is 14.6 Å². The number of carbonyl (C=O) groups is 1. The van der Waals surface area contributed by atoms with Crippen LogP contribution in [0.1, 0.15) is 21.5 Å². The number of carbonyl (C=O) groups excluding carboxylic acids is 1. The summed E-state index contributed by atoms with van der Waals surface area (Å²) in [5.41, 5.74) is 2.25. The fraction of sp³-hybridized carbons (Fsp3) is 0.150. The summed E-state index contributed by atoms with van der Waals surface area (Å²) in [6.45, 7) is 3.75. The molecule has 24 heavy (non-hydrogen) atoms. The van der Waals surface area contributed by atoms with Crippen LogP contribution in [0.2, 0.25) is 0 Å². The van der Waals surface area contributed by atoms with Crippen molar-refractivity contribution in [2.24, 2.45) is 0 Å². The predicted octanol–water partition coefficient (Wildman–Crippen LogP) is 4.03. The van der Waals surface area contributed by atoms with E-state index in [2.05, 4.69) is 6.58 Å². The number of benzene rings is 2. The second-order valence-corrected chi connectivity index (χ2v) is 5.14. The average Bonchev–Trinajstić information content (AvgIpc) is 2.60. The van der Waals surface area contributed by atoms with Gasteiger partial charge in [0.2, 0.25) is 0 Å². The highest BCUT2D eigenvalue weighted by Crippen LogP contribution is 2.30. The first-order valence-corrected chi connectivity index (χ1v) is 7.46. The molecule has 0 saturated carbocycles. The molecule has 0 spiro atoms. The lowest BCUT2D eigenvalue weighted by Crippen LogP contribution is -1.97. The van der Waals surface area contributed by atoms with Gasteiger partial charge in [0.1, 0.15) is 17.2 Å². The molecule has 124 valence electrons. The molecule has 0 aromatic heterocycles. The zero-order valence-electron chi connectivity index (χ0n) is 13.8. The number of phenolic OH excluding ortho intramolecular Hbond substituents is 1. The zero-order chi connectivity index (χ0) is 17.5. The topological polar surface area (TPSA) is 55.8 Å². The maximum atomic E-state index is 12.2. The van der Waals surface area contributed by atoms with Crippen molar-refractivity contribution in [3.8, 4) is 17.2 Å². The molecule has 0 radical (unpaired) electrons. The highest BCUT2D eigenvalue weighted by Gasteiger charge is 2.09. The highest BCUT2D eigenvalue weighted by molar-refractivity contribution is 6.07. The highest BCUT2D eigenvalue weighted by atomic mass is 16.5. The van der Waals surface area contributed by atoms with Gasteiger partial charge in [-0.15, -0.1) is 6.58 Å². The van der Waals surface area contributed by atoms with Gasteiger partial charge in [-0.3, -0.25) is 4.79 Å². The van der Waals surface area contributed by atoms with Crippen molar-refractivity contribution in [2.45, 2.75) is 6.42 Å². The van der Waals surface area contributed by atoms with E-state index in [0.717, 1.165) is 11.1 Å². The van der Waals surface area contributed by atoms with E-state index in [4.69, 9.17) is 9.47 Å². The fourth-order valence-electron chi connectivity index (χ4n) is 2.32. The SMILES string of the molecule is C=CCc1cc(/C=C/C(=O)c2ccc(O)cc2)c(OC)cc1OC. The molecular formula is C20H20O4. The summed E-state index contributed by atoms with van der Waals surface area (Å²) in [4.78, 5) is 12.2. The van der Waals surface area contributed by atoms with Gasteiger partial charge in [-0.25, -0.2) is 0 Å². The summed E-state index contributed by atoms with van der Waals surface area (Å²) in [6.07, 6.45) is 5.63. The van der Waals surface area contributed by atoms with E-state index < -0.39 is 0 Å². The van der Waals surface area contributed by atoms with E-state index >= 15 is 0 Å². The molecule has 4 nitrogen and oxygen atoms in total. The van der Waals surface area contributed by atoms with Crippen LogP contribution in [0.4, 0.5) is 0 Å². The number of ether oxygens (including phenoxy) is 2. The molecule has 0 heterocycles. The van der Waals surface area contributed by atoms with E-state index in [1.807, 2.05) is 6.07 Å². The van der Waals surface area contributed by atoms with Crippen LogP contribution < -0.4 is 9.47 Å². The zero-order valence-corrected chi connectivity index (χ0v) is 13.8. The Morgan fingerprint density at radius 2 is 1.79 bits per heavy atom. The lowest BCUT2D eigenvalue weighted by molar-refractivity contribution is 0.104. The molecule has 0 fully saturated rings. The Morgan fingerprint density at radius 3 is 2.38 bits per heavy atom. The summed E-state index contributed by atoms with van der Waals surface area (Å²) >= 11 is 0. The van der Waals surface area contributed by atoms with Gasteiger partial charge in [0.25, 0.3) is 0 Å². The fourth-order valence-corrected chi connectivity index (χ4v) is 2.32. The van der Waals surface area contributed by atoms with Crippen LogP contribution >= 0.6 is 0 Å². The Bertz CT molecular complexity index is 758. The Morgan fingerprint density at radius 1 is 1.12 bits per heavy atom. The van der Waals surface area contributed by atoms with Crippen molar-refractivity contribution in [3.05, 3.63) is 71.8 Å².